The molecule has 0 saturated heterocycles. The number of hydrogen-bond donors (Lipinski definition) is 0. The fourth-order valence-electron chi connectivity index (χ4n) is 2.89. The van der Waals surface area contributed by atoms with Gasteiger partial charge in [0, 0.05) is 11.1 Å². The Morgan fingerprint density at radius 1 is 0.588 bits per heavy atom. The molecule has 3 aromatic carbocycles. The molecule has 172 valence electrons. The van der Waals surface area contributed by atoms with Gasteiger partial charge < -0.3 is 14.2 Å². The van der Waals surface area contributed by atoms with Crippen molar-refractivity contribution < 1.29 is 28.6 Å². The summed E-state index contributed by atoms with van der Waals surface area (Å²) in [5.74, 6) is -0.957. The van der Waals surface area contributed by atoms with Crippen molar-refractivity contribution in [3.05, 3.63) is 97.1 Å². The van der Waals surface area contributed by atoms with Crippen molar-refractivity contribution in [2.75, 3.05) is 6.61 Å². The Hall–Kier alpha value is -4.45. The number of ether oxygens (including phenoxy) is 3. The number of esters is 3. The normalized spacial score (nSPS) is 10.2. The highest BCUT2D eigenvalue weighted by molar-refractivity contribution is 5.89. The zero-order valence-corrected chi connectivity index (χ0v) is 19.0. The second-order valence-corrected chi connectivity index (χ2v) is 7.63. The van der Waals surface area contributed by atoms with Gasteiger partial charge in [-0.25, -0.2) is 14.4 Å². The van der Waals surface area contributed by atoms with Crippen LogP contribution in [0.25, 0.3) is 22.3 Å². The van der Waals surface area contributed by atoms with Gasteiger partial charge in [-0.1, -0.05) is 61.7 Å². The molecule has 0 aliphatic heterocycles. The Morgan fingerprint density at radius 2 is 0.941 bits per heavy atom. The first-order valence-electron chi connectivity index (χ1n) is 10.4. The van der Waals surface area contributed by atoms with E-state index in [1.54, 1.807) is 31.2 Å². The van der Waals surface area contributed by atoms with Gasteiger partial charge in [0.2, 0.25) is 0 Å². The van der Waals surface area contributed by atoms with E-state index < -0.39 is 24.5 Å². The third-order valence-corrected chi connectivity index (χ3v) is 4.72. The summed E-state index contributed by atoms with van der Waals surface area (Å²) in [6.45, 7) is 9.64. The Morgan fingerprint density at radius 3 is 1.32 bits per heavy atom. The second kappa shape index (κ2) is 10.9. The summed E-state index contributed by atoms with van der Waals surface area (Å²) in [6, 6.07) is 22.2. The average molecular weight is 456 g/mol. The van der Waals surface area contributed by atoms with Crippen molar-refractivity contribution in [3.8, 4) is 33.8 Å². The zero-order chi connectivity index (χ0) is 24.7. The molecular weight excluding hydrogens is 432 g/mol. The van der Waals surface area contributed by atoms with Crippen LogP contribution in [-0.4, -0.2) is 24.5 Å². The summed E-state index contributed by atoms with van der Waals surface area (Å²) in [6.07, 6.45) is 0. The quantitative estimate of drug-likeness (QED) is 0.252. The standard InChI is InChI=1S/C28H24O6/c1-18(2)27(30)32-17-26(29)33-24-13-9-22(10-14-24)20-5-7-21(8-6-20)23-11-15-25(16-12-23)34-28(31)19(3)4/h5-16H,1,3,17H2,2,4H3. The summed E-state index contributed by atoms with van der Waals surface area (Å²) in [5, 5.41) is 0. The van der Waals surface area contributed by atoms with Crippen LogP contribution in [0.4, 0.5) is 0 Å². The molecule has 0 bridgehead atoms. The summed E-state index contributed by atoms with van der Waals surface area (Å²) >= 11 is 0. The van der Waals surface area contributed by atoms with Gasteiger partial charge in [-0.3, -0.25) is 0 Å². The monoisotopic (exact) mass is 456 g/mol. The maximum absolute atomic E-state index is 11.8. The van der Waals surface area contributed by atoms with Gasteiger partial charge in [-0.15, -0.1) is 0 Å². The lowest BCUT2D eigenvalue weighted by Gasteiger charge is -2.08. The van der Waals surface area contributed by atoms with E-state index >= 15 is 0 Å². The van der Waals surface area contributed by atoms with Gasteiger partial charge in [0.05, 0.1) is 0 Å². The summed E-state index contributed by atoms with van der Waals surface area (Å²) < 4.78 is 15.2. The smallest absolute Gasteiger partial charge is 0.349 e. The lowest BCUT2D eigenvalue weighted by molar-refractivity contribution is -0.150. The number of carbonyl (C=O) groups excluding carboxylic acids is 3. The molecule has 6 heteroatoms. The summed E-state index contributed by atoms with van der Waals surface area (Å²) in [5.41, 5.74) is 4.48. The molecule has 0 spiro atoms. The topological polar surface area (TPSA) is 78.9 Å². The number of rotatable bonds is 8. The first kappa shape index (κ1) is 24.2. The molecule has 6 nitrogen and oxygen atoms in total. The maximum Gasteiger partial charge on any atom is 0.349 e. The highest BCUT2D eigenvalue weighted by Crippen LogP contribution is 2.27. The first-order chi connectivity index (χ1) is 16.2. The minimum absolute atomic E-state index is 0.212. The van der Waals surface area contributed by atoms with E-state index in [2.05, 4.69) is 13.2 Å². The number of hydrogen-bond acceptors (Lipinski definition) is 6. The first-order valence-corrected chi connectivity index (χ1v) is 10.4. The zero-order valence-electron chi connectivity index (χ0n) is 19.0. The van der Waals surface area contributed by atoms with Crippen LogP contribution in [0.2, 0.25) is 0 Å². The summed E-state index contributed by atoms with van der Waals surface area (Å²) in [4.78, 5) is 34.8. The largest absolute Gasteiger partial charge is 0.450 e. The van der Waals surface area contributed by atoms with Crippen molar-refractivity contribution in [2.45, 2.75) is 13.8 Å². The minimum atomic E-state index is -0.674. The summed E-state index contributed by atoms with van der Waals surface area (Å²) in [7, 11) is 0. The van der Waals surface area contributed by atoms with Crippen molar-refractivity contribution in [2.24, 2.45) is 0 Å². The van der Waals surface area contributed by atoms with Crippen LogP contribution in [0.15, 0.2) is 97.1 Å². The molecular formula is C28H24O6. The van der Waals surface area contributed by atoms with Crippen molar-refractivity contribution in [1.29, 1.82) is 0 Å². The van der Waals surface area contributed by atoms with Gasteiger partial charge in [0.25, 0.3) is 0 Å². The molecule has 0 unspecified atom stereocenters. The van der Waals surface area contributed by atoms with E-state index in [1.165, 1.54) is 6.92 Å². The van der Waals surface area contributed by atoms with E-state index in [0.717, 1.165) is 22.3 Å². The Kier molecular flexibility index (Phi) is 7.77. The fourth-order valence-corrected chi connectivity index (χ4v) is 2.89. The van der Waals surface area contributed by atoms with Gasteiger partial charge in [0.15, 0.2) is 6.61 Å². The van der Waals surface area contributed by atoms with Crippen molar-refractivity contribution >= 4 is 17.9 Å². The van der Waals surface area contributed by atoms with E-state index in [9.17, 15) is 14.4 Å². The fraction of sp³-hybridized carbons (Fsp3) is 0.107. The van der Waals surface area contributed by atoms with E-state index in [-0.39, 0.29) is 5.57 Å². The van der Waals surface area contributed by atoms with Crippen LogP contribution in [0.1, 0.15) is 13.8 Å². The molecule has 0 saturated carbocycles. The van der Waals surface area contributed by atoms with Crippen molar-refractivity contribution in [1.82, 2.24) is 0 Å². The molecule has 0 aliphatic carbocycles. The molecule has 0 radical (unpaired) electrons. The van der Waals surface area contributed by atoms with Gasteiger partial charge in [-0.05, 0) is 60.4 Å². The van der Waals surface area contributed by atoms with Crippen LogP contribution in [-0.2, 0) is 19.1 Å². The molecule has 0 aromatic heterocycles. The highest BCUT2D eigenvalue weighted by atomic mass is 16.6. The molecule has 3 aromatic rings. The van der Waals surface area contributed by atoms with Gasteiger partial charge >= 0.3 is 17.9 Å². The van der Waals surface area contributed by atoms with Crippen LogP contribution in [0.3, 0.4) is 0 Å². The molecule has 0 atom stereocenters. The number of carbonyl (C=O) groups is 3. The van der Waals surface area contributed by atoms with Crippen LogP contribution < -0.4 is 9.47 Å². The van der Waals surface area contributed by atoms with Crippen molar-refractivity contribution in [3.63, 3.8) is 0 Å². The van der Waals surface area contributed by atoms with E-state index in [1.807, 2.05) is 48.5 Å². The second-order valence-electron chi connectivity index (χ2n) is 7.63. The third-order valence-electron chi connectivity index (χ3n) is 4.72. The molecule has 3 rings (SSSR count). The SMILES string of the molecule is C=C(C)C(=O)OCC(=O)Oc1ccc(-c2ccc(-c3ccc(OC(=O)C(=C)C)cc3)cc2)cc1. The number of benzene rings is 3. The van der Waals surface area contributed by atoms with Crippen LogP contribution in [0.5, 0.6) is 11.5 Å². The van der Waals surface area contributed by atoms with Crippen LogP contribution in [0, 0.1) is 0 Å². The lowest BCUT2D eigenvalue weighted by atomic mass is 10.0. The maximum atomic E-state index is 11.8. The lowest BCUT2D eigenvalue weighted by Crippen LogP contribution is -2.18. The third kappa shape index (κ3) is 6.53. The molecule has 34 heavy (non-hydrogen) atoms. The average Bonchev–Trinajstić information content (AvgIpc) is 2.83. The van der Waals surface area contributed by atoms with Gasteiger partial charge in [-0.2, -0.15) is 0 Å². The predicted octanol–water partition coefficient (Wildman–Crippen LogP) is 5.53. The highest BCUT2D eigenvalue weighted by Gasteiger charge is 2.10. The van der Waals surface area contributed by atoms with Crippen LogP contribution >= 0.6 is 0 Å². The van der Waals surface area contributed by atoms with E-state index in [0.29, 0.717) is 17.1 Å². The predicted molar refractivity (Wildman–Crippen MR) is 129 cm³/mol. The Bertz CT molecular complexity index is 1220. The Labute approximate surface area is 198 Å². The molecule has 0 N–H and O–H groups in total. The van der Waals surface area contributed by atoms with Gasteiger partial charge in [0.1, 0.15) is 11.5 Å². The molecule has 0 fully saturated rings. The molecule has 0 amide bonds. The molecule has 0 aliphatic rings. The molecule has 0 heterocycles. The van der Waals surface area contributed by atoms with E-state index in [4.69, 9.17) is 14.2 Å². The minimum Gasteiger partial charge on any atom is -0.450 e. The Balaban J connectivity index is 1.61.